The number of nitrogens with zero attached hydrogens (tertiary/aromatic N) is 2. The Balaban J connectivity index is 2.86. The molecule has 1 aliphatic rings. The minimum absolute atomic E-state index is 0.789. The highest BCUT2D eigenvalue weighted by Crippen LogP contribution is 1.97. The van der Waals surface area contributed by atoms with Gasteiger partial charge in [0.25, 0.3) is 0 Å². The third kappa shape index (κ3) is 1.27. The smallest absolute Gasteiger partial charge is 0.109 e. The van der Waals surface area contributed by atoms with E-state index in [1.54, 1.807) is 6.21 Å². The second-order valence-electron chi connectivity index (χ2n) is 1.69. The number of allylic oxidation sites excluding steroid dienone is 2. The average Bonchev–Trinajstić information content (AvgIpc) is 2.36. The molecule has 0 atom stereocenters. The van der Waals surface area contributed by atoms with Crippen molar-refractivity contribution in [1.29, 1.82) is 0 Å². The van der Waals surface area contributed by atoms with E-state index in [0.717, 1.165) is 11.4 Å². The van der Waals surface area contributed by atoms with Crippen molar-refractivity contribution in [1.82, 2.24) is 5.43 Å². The fourth-order valence-electron chi connectivity index (χ4n) is 0.662. The minimum atomic E-state index is 0.789. The van der Waals surface area contributed by atoms with Gasteiger partial charge in [0, 0.05) is 0 Å². The van der Waals surface area contributed by atoms with Gasteiger partial charge >= 0.3 is 0 Å². The lowest BCUT2D eigenvalue weighted by molar-refractivity contribution is 0.961. The van der Waals surface area contributed by atoms with Crippen LogP contribution in [-0.2, 0) is 0 Å². The molecule has 10 heavy (non-hydrogen) atoms. The average molecular weight is 153 g/mol. The first kappa shape index (κ1) is 7.08. The molecule has 0 saturated heterocycles. The van der Waals surface area contributed by atoms with Crippen LogP contribution in [0.25, 0.3) is 0 Å². The maximum Gasteiger partial charge on any atom is 0.109 e. The molecular formula is C6H7N3S. The topological polar surface area (TPSA) is 36.8 Å². The van der Waals surface area contributed by atoms with Crippen molar-refractivity contribution < 1.29 is 0 Å². The van der Waals surface area contributed by atoms with Crippen molar-refractivity contribution in [3.8, 4) is 0 Å². The van der Waals surface area contributed by atoms with E-state index in [4.69, 9.17) is 0 Å². The Labute approximate surface area is 64.5 Å². The van der Waals surface area contributed by atoms with Gasteiger partial charge in [0.05, 0.1) is 17.4 Å². The molecule has 1 heterocycles. The maximum atomic E-state index is 4.56. The van der Waals surface area contributed by atoms with Crippen LogP contribution in [-0.4, -0.2) is 17.4 Å². The van der Waals surface area contributed by atoms with E-state index in [9.17, 15) is 0 Å². The SMILES string of the molecule is C/C=C1/NN=CC1=NC=S. The lowest BCUT2D eigenvalue weighted by atomic mass is 10.3. The van der Waals surface area contributed by atoms with E-state index in [-0.39, 0.29) is 0 Å². The second kappa shape index (κ2) is 3.22. The zero-order valence-electron chi connectivity index (χ0n) is 5.53. The molecule has 0 amide bonds. The van der Waals surface area contributed by atoms with Crippen LogP contribution >= 0.6 is 12.2 Å². The molecule has 52 valence electrons. The number of hydrogen-bond donors (Lipinski definition) is 1. The highest BCUT2D eigenvalue weighted by Gasteiger charge is 2.06. The molecule has 1 aliphatic heterocycles. The van der Waals surface area contributed by atoms with E-state index in [1.165, 1.54) is 5.49 Å². The Kier molecular flexibility index (Phi) is 2.28. The Bertz CT molecular complexity index is 227. The zero-order chi connectivity index (χ0) is 7.40. The molecule has 3 nitrogen and oxygen atoms in total. The number of hydrazone groups is 1. The monoisotopic (exact) mass is 153 g/mol. The second-order valence-corrected chi connectivity index (χ2v) is 1.90. The fraction of sp³-hybridized carbons (Fsp3) is 0.167. The molecule has 0 aliphatic carbocycles. The normalized spacial score (nSPS) is 23.7. The summed E-state index contributed by atoms with van der Waals surface area (Å²) in [6, 6.07) is 0. The molecule has 0 spiro atoms. The summed E-state index contributed by atoms with van der Waals surface area (Å²) in [5, 5.41) is 3.80. The molecule has 1 N–H and O–H groups in total. The van der Waals surface area contributed by atoms with Gasteiger partial charge in [0.1, 0.15) is 5.71 Å². The molecule has 4 heteroatoms. The van der Waals surface area contributed by atoms with Gasteiger partial charge in [-0.15, -0.1) is 0 Å². The number of aliphatic imine (C=N–C) groups is 1. The van der Waals surface area contributed by atoms with E-state index >= 15 is 0 Å². The fourth-order valence-corrected chi connectivity index (χ4v) is 0.775. The van der Waals surface area contributed by atoms with Crippen LogP contribution < -0.4 is 5.43 Å². The van der Waals surface area contributed by atoms with Gasteiger partial charge in [-0.2, -0.15) is 5.10 Å². The number of hydrogen-bond acceptors (Lipinski definition) is 3. The van der Waals surface area contributed by atoms with Gasteiger partial charge < -0.3 is 0 Å². The first-order valence-electron chi connectivity index (χ1n) is 2.85. The summed E-state index contributed by atoms with van der Waals surface area (Å²) in [4.78, 5) is 3.90. The van der Waals surface area contributed by atoms with Gasteiger partial charge in [-0.1, -0.05) is 18.3 Å². The van der Waals surface area contributed by atoms with E-state index < -0.39 is 0 Å². The molecule has 0 unspecified atom stereocenters. The van der Waals surface area contributed by atoms with Crippen LogP contribution in [0.15, 0.2) is 21.9 Å². The lowest BCUT2D eigenvalue weighted by Gasteiger charge is -1.92. The largest absolute Gasteiger partial charge is 0.277 e. The van der Waals surface area contributed by atoms with Gasteiger partial charge in [-0.05, 0) is 6.92 Å². The summed E-state index contributed by atoms with van der Waals surface area (Å²) in [7, 11) is 0. The molecular weight excluding hydrogens is 146 g/mol. The van der Waals surface area contributed by atoms with Crippen LogP contribution in [0.3, 0.4) is 0 Å². The van der Waals surface area contributed by atoms with Crippen molar-refractivity contribution in [3.05, 3.63) is 11.8 Å². The Morgan fingerprint density at radius 1 is 1.80 bits per heavy atom. The quantitative estimate of drug-likeness (QED) is 0.568. The molecule has 0 saturated carbocycles. The molecule has 0 aromatic carbocycles. The Morgan fingerprint density at radius 2 is 2.60 bits per heavy atom. The van der Waals surface area contributed by atoms with Crippen molar-refractivity contribution in [3.63, 3.8) is 0 Å². The van der Waals surface area contributed by atoms with Gasteiger partial charge in [-0.3, -0.25) is 5.43 Å². The molecule has 0 aromatic heterocycles. The molecule has 1 rings (SSSR count). The summed E-state index contributed by atoms with van der Waals surface area (Å²) in [5.74, 6) is 0. The molecule has 0 fully saturated rings. The summed E-state index contributed by atoms with van der Waals surface area (Å²) in [5.41, 5.74) is 5.80. The maximum absolute atomic E-state index is 4.56. The Hall–Kier alpha value is -1.03. The Morgan fingerprint density at radius 3 is 3.20 bits per heavy atom. The summed E-state index contributed by atoms with van der Waals surface area (Å²) < 4.78 is 0. The highest BCUT2D eigenvalue weighted by molar-refractivity contribution is 7.78. The third-order valence-corrected chi connectivity index (χ3v) is 1.23. The van der Waals surface area contributed by atoms with Crippen molar-refractivity contribution in [2.75, 3.05) is 0 Å². The van der Waals surface area contributed by atoms with E-state index in [0.29, 0.717) is 0 Å². The van der Waals surface area contributed by atoms with Gasteiger partial charge in [0.2, 0.25) is 0 Å². The molecule has 0 bridgehead atoms. The highest BCUT2D eigenvalue weighted by atomic mass is 32.1. The first-order chi connectivity index (χ1) is 4.88. The summed E-state index contributed by atoms with van der Waals surface area (Å²) in [6.07, 6.45) is 3.53. The number of thiocarbonyl (C=S) groups is 1. The predicted octanol–water partition coefficient (Wildman–Crippen LogP) is 0.877. The third-order valence-electron chi connectivity index (χ3n) is 1.13. The number of nitrogens with one attached hydrogen (secondary N) is 1. The van der Waals surface area contributed by atoms with Gasteiger partial charge in [0.15, 0.2) is 0 Å². The first-order valence-corrected chi connectivity index (χ1v) is 3.33. The summed E-state index contributed by atoms with van der Waals surface area (Å²) in [6.45, 7) is 1.91. The zero-order valence-corrected chi connectivity index (χ0v) is 6.35. The molecule has 0 aromatic rings. The predicted molar refractivity (Wildman–Crippen MR) is 46.5 cm³/mol. The van der Waals surface area contributed by atoms with Crippen molar-refractivity contribution in [2.45, 2.75) is 6.92 Å². The van der Waals surface area contributed by atoms with E-state index in [1.807, 2.05) is 13.0 Å². The van der Waals surface area contributed by atoms with Crippen LogP contribution in [0.4, 0.5) is 0 Å². The van der Waals surface area contributed by atoms with E-state index in [2.05, 4.69) is 27.7 Å². The van der Waals surface area contributed by atoms with Crippen LogP contribution in [0.2, 0.25) is 0 Å². The standard InChI is InChI=1S/C6H7N3S/c1-2-5-6(7-4-10)3-8-9-5/h2-4,9H,1H3/b5-2+,7-6?. The van der Waals surface area contributed by atoms with Crippen LogP contribution in [0.1, 0.15) is 6.92 Å². The summed E-state index contributed by atoms with van der Waals surface area (Å²) >= 11 is 4.56. The lowest BCUT2D eigenvalue weighted by Crippen LogP contribution is -2.06. The number of rotatable bonds is 1. The minimum Gasteiger partial charge on any atom is -0.277 e. The van der Waals surface area contributed by atoms with Crippen LogP contribution in [0.5, 0.6) is 0 Å². The van der Waals surface area contributed by atoms with Gasteiger partial charge in [-0.25, -0.2) is 4.99 Å². The molecule has 0 radical (unpaired) electrons. The van der Waals surface area contributed by atoms with Crippen LogP contribution in [0, 0.1) is 0 Å². The van der Waals surface area contributed by atoms with Crippen molar-refractivity contribution in [2.24, 2.45) is 10.1 Å². The van der Waals surface area contributed by atoms with Crippen molar-refractivity contribution >= 4 is 29.6 Å².